The topological polar surface area (TPSA) is 130 Å². The highest BCUT2D eigenvalue weighted by Gasteiger charge is 2.26. The van der Waals surface area contributed by atoms with Crippen LogP contribution in [0.4, 0.5) is 0 Å². The van der Waals surface area contributed by atoms with Crippen LogP contribution in [0.1, 0.15) is 23.0 Å². The maximum absolute atomic E-state index is 12.9. The molecule has 0 spiro atoms. The second-order valence-electron chi connectivity index (χ2n) is 6.65. The zero-order chi connectivity index (χ0) is 22.3. The van der Waals surface area contributed by atoms with Gasteiger partial charge < -0.3 is 10.5 Å². The van der Waals surface area contributed by atoms with Crippen molar-refractivity contribution < 1.29 is 14.3 Å². The van der Waals surface area contributed by atoms with E-state index >= 15 is 0 Å². The molecular weight excluding hydrogens is 442 g/mol. The van der Waals surface area contributed by atoms with Crippen molar-refractivity contribution in [2.24, 2.45) is 5.73 Å². The number of primary amides is 1. The van der Waals surface area contributed by atoms with E-state index in [2.05, 4.69) is 15.3 Å². The Morgan fingerprint density at radius 3 is 2.61 bits per heavy atom. The van der Waals surface area contributed by atoms with Crippen LogP contribution in [0.2, 0.25) is 5.02 Å². The zero-order valence-electron chi connectivity index (χ0n) is 16.5. The second-order valence-corrected chi connectivity index (χ2v) is 8.09. The molecule has 9 nitrogen and oxygen atoms in total. The molecule has 158 valence electrons. The summed E-state index contributed by atoms with van der Waals surface area (Å²) in [4.78, 5) is 42.0. The summed E-state index contributed by atoms with van der Waals surface area (Å²) in [5.41, 5.74) is 6.91. The molecular formula is C20H16ClN5O4S. The van der Waals surface area contributed by atoms with Gasteiger partial charge in [-0.2, -0.15) is 0 Å². The molecule has 0 saturated heterocycles. The number of carbonyl (C=O) groups excluding carboxylic acids is 2. The van der Waals surface area contributed by atoms with Crippen molar-refractivity contribution in [1.29, 1.82) is 0 Å². The Balaban J connectivity index is 2.13. The lowest BCUT2D eigenvalue weighted by Gasteiger charge is -2.13. The molecule has 4 aromatic rings. The molecule has 0 radical (unpaired) electrons. The number of thiophene rings is 1. The first-order valence-electron chi connectivity index (χ1n) is 9.23. The van der Waals surface area contributed by atoms with Crippen molar-refractivity contribution in [2.75, 3.05) is 6.61 Å². The largest absolute Gasteiger partial charge is 0.462 e. The fourth-order valence-electron chi connectivity index (χ4n) is 3.34. The number of amides is 1. The fourth-order valence-corrected chi connectivity index (χ4v) is 4.57. The number of aryl methyl sites for hydroxylation is 1. The van der Waals surface area contributed by atoms with Gasteiger partial charge in [-0.1, -0.05) is 28.9 Å². The van der Waals surface area contributed by atoms with Crippen LogP contribution in [0.3, 0.4) is 0 Å². The van der Waals surface area contributed by atoms with Crippen LogP contribution in [0, 0.1) is 6.92 Å². The van der Waals surface area contributed by atoms with Gasteiger partial charge in [0.2, 0.25) is 5.91 Å². The molecule has 0 atom stereocenters. The van der Waals surface area contributed by atoms with Crippen LogP contribution >= 0.6 is 22.9 Å². The third-order valence-electron chi connectivity index (χ3n) is 4.59. The lowest BCUT2D eigenvalue weighted by Crippen LogP contribution is -2.30. The summed E-state index contributed by atoms with van der Waals surface area (Å²) in [6.07, 6.45) is 0. The van der Waals surface area contributed by atoms with Gasteiger partial charge in [-0.15, -0.1) is 16.4 Å². The summed E-state index contributed by atoms with van der Waals surface area (Å²) >= 11 is 7.16. The van der Waals surface area contributed by atoms with Gasteiger partial charge in [0.15, 0.2) is 0 Å². The van der Waals surface area contributed by atoms with E-state index in [1.54, 1.807) is 38.1 Å². The number of esters is 1. The van der Waals surface area contributed by atoms with E-state index < -0.39 is 17.4 Å². The van der Waals surface area contributed by atoms with E-state index in [1.165, 1.54) is 0 Å². The molecule has 0 unspecified atom stereocenters. The average molecular weight is 458 g/mol. The van der Waals surface area contributed by atoms with Gasteiger partial charge in [-0.25, -0.2) is 14.5 Å². The van der Waals surface area contributed by atoms with E-state index in [9.17, 15) is 14.4 Å². The molecule has 0 aliphatic rings. The highest BCUT2D eigenvalue weighted by molar-refractivity contribution is 7.25. The SMILES string of the molecule is CCOC(=O)c1c(C)nc2sc3c(=O)n(CC(N)=O)nnc3c2c1-c1ccc(Cl)cc1. The molecule has 0 bridgehead atoms. The van der Waals surface area contributed by atoms with Gasteiger partial charge >= 0.3 is 5.97 Å². The molecule has 0 aliphatic heterocycles. The third-order valence-corrected chi connectivity index (χ3v) is 5.91. The van der Waals surface area contributed by atoms with Crippen LogP contribution in [0.5, 0.6) is 0 Å². The summed E-state index contributed by atoms with van der Waals surface area (Å²) in [5.74, 6) is -1.24. The van der Waals surface area contributed by atoms with E-state index in [1.807, 2.05) is 0 Å². The first-order valence-corrected chi connectivity index (χ1v) is 10.4. The maximum Gasteiger partial charge on any atom is 0.340 e. The van der Waals surface area contributed by atoms with Gasteiger partial charge in [0.1, 0.15) is 21.6 Å². The minimum absolute atomic E-state index is 0.193. The van der Waals surface area contributed by atoms with Crippen molar-refractivity contribution in [2.45, 2.75) is 20.4 Å². The molecule has 1 amide bonds. The minimum atomic E-state index is -0.711. The van der Waals surface area contributed by atoms with Crippen molar-refractivity contribution in [1.82, 2.24) is 20.0 Å². The van der Waals surface area contributed by atoms with Crippen molar-refractivity contribution in [3.05, 3.63) is 50.9 Å². The normalized spacial score (nSPS) is 11.2. The summed E-state index contributed by atoms with van der Waals surface area (Å²) < 4.78 is 6.43. The number of ether oxygens (including phenoxy) is 1. The number of aromatic nitrogens is 4. The van der Waals surface area contributed by atoms with Gasteiger partial charge in [-0.05, 0) is 31.5 Å². The first-order chi connectivity index (χ1) is 14.8. The molecule has 1 aromatic carbocycles. The fraction of sp³-hybridized carbons (Fsp3) is 0.200. The smallest absolute Gasteiger partial charge is 0.340 e. The highest BCUT2D eigenvalue weighted by atomic mass is 35.5. The van der Waals surface area contributed by atoms with Crippen molar-refractivity contribution >= 4 is 55.2 Å². The van der Waals surface area contributed by atoms with Gasteiger partial charge in [-0.3, -0.25) is 9.59 Å². The van der Waals surface area contributed by atoms with E-state index in [4.69, 9.17) is 22.1 Å². The molecule has 2 N–H and O–H groups in total. The number of nitrogens with zero attached hydrogens (tertiary/aromatic N) is 4. The lowest BCUT2D eigenvalue weighted by molar-refractivity contribution is -0.118. The van der Waals surface area contributed by atoms with Gasteiger partial charge in [0, 0.05) is 16.0 Å². The molecule has 31 heavy (non-hydrogen) atoms. The molecule has 0 aliphatic carbocycles. The van der Waals surface area contributed by atoms with E-state index in [0.29, 0.717) is 32.1 Å². The predicted molar refractivity (Wildman–Crippen MR) is 117 cm³/mol. The number of hydrogen-bond acceptors (Lipinski definition) is 8. The van der Waals surface area contributed by atoms with Crippen molar-refractivity contribution in [3.63, 3.8) is 0 Å². The van der Waals surface area contributed by atoms with Crippen LogP contribution in [-0.2, 0) is 16.1 Å². The monoisotopic (exact) mass is 457 g/mol. The minimum Gasteiger partial charge on any atom is -0.462 e. The van der Waals surface area contributed by atoms with E-state index in [0.717, 1.165) is 16.0 Å². The molecule has 3 aromatic heterocycles. The Morgan fingerprint density at radius 2 is 1.97 bits per heavy atom. The number of carbonyl (C=O) groups is 2. The molecule has 11 heteroatoms. The number of halogens is 1. The summed E-state index contributed by atoms with van der Waals surface area (Å²) in [5, 5.41) is 9.05. The molecule has 0 saturated carbocycles. The summed E-state index contributed by atoms with van der Waals surface area (Å²) in [6, 6.07) is 6.94. The standard InChI is InChI=1S/C20H16ClN5O4S/c1-3-30-20(29)13-9(2)23-18-15(14(13)10-4-6-11(21)7-5-10)16-17(31-18)19(28)26(25-24-16)8-12(22)27/h4-7H,3,8H2,1-2H3,(H2,22,27). The molecule has 3 heterocycles. The Labute approximate surface area is 184 Å². The molecule has 0 fully saturated rings. The predicted octanol–water partition coefficient (Wildman–Crippen LogP) is 2.69. The zero-order valence-corrected chi connectivity index (χ0v) is 18.1. The first kappa shape index (κ1) is 20.9. The highest BCUT2D eigenvalue weighted by Crippen LogP contribution is 2.40. The Hall–Kier alpha value is -3.37. The maximum atomic E-state index is 12.9. The number of nitrogens with two attached hydrogens (primary N) is 1. The summed E-state index contributed by atoms with van der Waals surface area (Å²) in [7, 11) is 0. The number of benzene rings is 1. The third kappa shape index (κ3) is 3.64. The number of fused-ring (bicyclic) bond motifs is 3. The van der Waals surface area contributed by atoms with Gasteiger partial charge in [0.05, 0.1) is 17.9 Å². The number of pyridine rings is 1. The van der Waals surface area contributed by atoms with Crippen molar-refractivity contribution in [3.8, 4) is 11.1 Å². The summed E-state index contributed by atoms with van der Waals surface area (Å²) in [6.45, 7) is 3.22. The van der Waals surface area contributed by atoms with Crippen LogP contribution in [-0.4, -0.2) is 38.5 Å². The molecule has 4 rings (SSSR count). The van der Waals surface area contributed by atoms with Gasteiger partial charge in [0.25, 0.3) is 5.56 Å². The van der Waals surface area contributed by atoms with E-state index in [-0.39, 0.29) is 28.9 Å². The van der Waals surface area contributed by atoms with Crippen LogP contribution in [0.15, 0.2) is 29.1 Å². The Bertz CT molecular complexity index is 1410. The number of hydrogen-bond donors (Lipinski definition) is 1. The van der Waals surface area contributed by atoms with Crippen LogP contribution in [0.25, 0.3) is 31.6 Å². The second kappa shape index (κ2) is 8.05. The Kier molecular flexibility index (Phi) is 5.42. The average Bonchev–Trinajstić information content (AvgIpc) is 3.08. The Morgan fingerprint density at radius 1 is 1.26 bits per heavy atom. The number of rotatable bonds is 5. The quantitative estimate of drug-likeness (QED) is 0.456. The van der Waals surface area contributed by atoms with Crippen LogP contribution < -0.4 is 11.3 Å². The lowest BCUT2D eigenvalue weighted by atomic mass is 9.96.